The number of thiazole rings is 1. The van der Waals surface area contributed by atoms with E-state index in [1.165, 1.54) is 5.56 Å². The minimum atomic E-state index is 0. The fourth-order valence-electron chi connectivity index (χ4n) is 2.62. The summed E-state index contributed by atoms with van der Waals surface area (Å²) in [6, 6.07) is 10.3. The van der Waals surface area contributed by atoms with E-state index in [0.29, 0.717) is 12.2 Å². The van der Waals surface area contributed by atoms with Crippen LogP contribution in [0.4, 0.5) is 0 Å². The quantitative estimate of drug-likeness (QED) is 0.898. The number of likely N-dealkylation sites (tertiary alicyclic amines) is 1. The number of carbonyl (C=O) groups is 1. The molecule has 0 bridgehead atoms. The van der Waals surface area contributed by atoms with Gasteiger partial charge in [-0.25, -0.2) is 4.98 Å². The van der Waals surface area contributed by atoms with E-state index in [9.17, 15) is 4.79 Å². The van der Waals surface area contributed by atoms with Crippen molar-refractivity contribution in [3.63, 3.8) is 0 Å². The number of halogens is 2. The summed E-state index contributed by atoms with van der Waals surface area (Å²) in [7, 11) is 0. The average molecular weight is 374 g/mol. The number of piperidine rings is 1. The topological polar surface area (TPSA) is 59.2 Å². The number of hydrogen-bond donors (Lipinski definition) is 1. The van der Waals surface area contributed by atoms with Gasteiger partial charge in [-0.05, 0) is 18.4 Å². The zero-order valence-corrected chi connectivity index (χ0v) is 15.1. The number of amides is 1. The van der Waals surface area contributed by atoms with Crippen LogP contribution in [0.15, 0.2) is 35.7 Å². The van der Waals surface area contributed by atoms with E-state index < -0.39 is 0 Å². The molecule has 1 aromatic heterocycles. The Labute approximate surface area is 152 Å². The predicted octanol–water partition coefficient (Wildman–Crippen LogP) is 3.14. The minimum absolute atomic E-state index is 0. The Morgan fingerprint density at radius 2 is 2.04 bits per heavy atom. The normalized spacial score (nSPS) is 17.1. The Morgan fingerprint density at radius 1 is 1.30 bits per heavy atom. The molecule has 1 aliphatic rings. The minimum Gasteiger partial charge on any atom is -0.336 e. The molecule has 2 N–H and O–H groups in total. The van der Waals surface area contributed by atoms with E-state index in [1.807, 2.05) is 28.5 Å². The van der Waals surface area contributed by atoms with Gasteiger partial charge in [0, 0.05) is 30.9 Å². The predicted molar refractivity (Wildman–Crippen MR) is 99.0 cm³/mol. The van der Waals surface area contributed by atoms with Gasteiger partial charge in [0.2, 0.25) is 0 Å². The molecule has 0 spiro atoms. The van der Waals surface area contributed by atoms with Gasteiger partial charge in [0.25, 0.3) is 5.91 Å². The average Bonchev–Trinajstić information content (AvgIpc) is 2.96. The lowest BCUT2D eigenvalue weighted by atomic mass is 10.1. The molecule has 1 atom stereocenters. The summed E-state index contributed by atoms with van der Waals surface area (Å²) in [6.07, 6.45) is 2.76. The maximum absolute atomic E-state index is 12.4. The van der Waals surface area contributed by atoms with Crippen LogP contribution in [0, 0.1) is 0 Å². The van der Waals surface area contributed by atoms with Crippen molar-refractivity contribution in [1.29, 1.82) is 0 Å². The summed E-state index contributed by atoms with van der Waals surface area (Å²) in [5, 5.41) is 2.84. The summed E-state index contributed by atoms with van der Waals surface area (Å²) in [5.41, 5.74) is 7.71. The van der Waals surface area contributed by atoms with Crippen LogP contribution in [-0.2, 0) is 6.42 Å². The summed E-state index contributed by atoms with van der Waals surface area (Å²) < 4.78 is 0. The van der Waals surface area contributed by atoms with Crippen molar-refractivity contribution in [2.24, 2.45) is 5.73 Å². The summed E-state index contributed by atoms with van der Waals surface area (Å²) in [5.74, 6) is 0.0145. The number of benzene rings is 1. The van der Waals surface area contributed by atoms with Gasteiger partial charge in [-0.2, -0.15) is 0 Å². The molecule has 7 heteroatoms. The number of rotatable bonds is 3. The smallest absolute Gasteiger partial charge is 0.273 e. The van der Waals surface area contributed by atoms with Gasteiger partial charge < -0.3 is 10.6 Å². The first-order chi connectivity index (χ1) is 10.2. The second kappa shape index (κ2) is 9.23. The molecule has 1 amide bonds. The summed E-state index contributed by atoms with van der Waals surface area (Å²) in [6.45, 7) is 1.43. The second-order valence-corrected chi connectivity index (χ2v) is 6.38. The molecule has 2 aromatic rings. The van der Waals surface area contributed by atoms with Gasteiger partial charge in [-0.1, -0.05) is 30.3 Å². The zero-order valence-electron chi connectivity index (χ0n) is 12.7. The SMILES string of the molecule is Cl.Cl.NC1CCCN(C(=O)c2csc(Cc3ccccc3)n2)C1. The molecule has 23 heavy (non-hydrogen) atoms. The first kappa shape index (κ1) is 19.9. The highest BCUT2D eigenvalue weighted by molar-refractivity contribution is 7.09. The largest absolute Gasteiger partial charge is 0.336 e. The summed E-state index contributed by atoms with van der Waals surface area (Å²) in [4.78, 5) is 18.7. The van der Waals surface area contributed by atoms with Gasteiger partial charge in [0.15, 0.2) is 0 Å². The van der Waals surface area contributed by atoms with Crippen LogP contribution >= 0.6 is 36.2 Å². The highest BCUT2D eigenvalue weighted by Crippen LogP contribution is 2.18. The van der Waals surface area contributed by atoms with Crippen molar-refractivity contribution < 1.29 is 4.79 Å². The van der Waals surface area contributed by atoms with E-state index in [0.717, 1.165) is 30.8 Å². The second-order valence-electron chi connectivity index (χ2n) is 5.44. The number of nitrogens with zero attached hydrogens (tertiary/aromatic N) is 2. The summed E-state index contributed by atoms with van der Waals surface area (Å²) >= 11 is 1.55. The van der Waals surface area contributed by atoms with Crippen molar-refractivity contribution >= 4 is 42.1 Å². The molecule has 1 saturated heterocycles. The molecule has 0 saturated carbocycles. The molecule has 2 heterocycles. The lowest BCUT2D eigenvalue weighted by Gasteiger charge is -2.30. The first-order valence-corrected chi connectivity index (χ1v) is 8.13. The van der Waals surface area contributed by atoms with Crippen molar-refractivity contribution in [2.45, 2.75) is 25.3 Å². The highest BCUT2D eigenvalue weighted by atomic mass is 35.5. The van der Waals surface area contributed by atoms with E-state index in [1.54, 1.807) is 11.3 Å². The van der Waals surface area contributed by atoms with Crippen LogP contribution in [0.1, 0.15) is 33.9 Å². The fraction of sp³-hybridized carbons (Fsp3) is 0.375. The lowest BCUT2D eigenvalue weighted by Crippen LogP contribution is -2.45. The Morgan fingerprint density at radius 3 is 2.74 bits per heavy atom. The molecule has 1 fully saturated rings. The van der Waals surface area contributed by atoms with Crippen LogP contribution in [0.25, 0.3) is 0 Å². The van der Waals surface area contributed by atoms with Gasteiger partial charge in [-0.15, -0.1) is 36.2 Å². The molecule has 1 unspecified atom stereocenters. The number of aromatic nitrogens is 1. The Balaban J connectivity index is 0.00000132. The van der Waals surface area contributed by atoms with Crippen LogP contribution in [0.5, 0.6) is 0 Å². The molecule has 0 radical (unpaired) electrons. The van der Waals surface area contributed by atoms with Crippen LogP contribution in [0.2, 0.25) is 0 Å². The van der Waals surface area contributed by atoms with E-state index in [2.05, 4.69) is 17.1 Å². The molecule has 1 aliphatic heterocycles. The van der Waals surface area contributed by atoms with Crippen LogP contribution in [0.3, 0.4) is 0 Å². The zero-order chi connectivity index (χ0) is 14.7. The molecule has 1 aromatic carbocycles. The molecular formula is C16H21Cl2N3OS. The highest BCUT2D eigenvalue weighted by Gasteiger charge is 2.23. The number of nitrogens with two attached hydrogens (primary N) is 1. The third kappa shape index (κ3) is 5.18. The monoisotopic (exact) mass is 373 g/mol. The first-order valence-electron chi connectivity index (χ1n) is 7.25. The van der Waals surface area contributed by atoms with E-state index >= 15 is 0 Å². The fourth-order valence-corrected chi connectivity index (χ4v) is 3.42. The maximum atomic E-state index is 12.4. The molecule has 3 rings (SSSR count). The van der Waals surface area contributed by atoms with Crippen molar-refractivity contribution in [1.82, 2.24) is 9.88 Å². The Bertz CT molecular complexity index is 621. The third-order valence-electron chi connectivity index (χ3n) is 3.71. The number of hydrogen-bond acceptors (Lipinski definition) is 4. The van der Waals surface area contributed by atoms with Crippen molar-refractivity contribution in [3.8, 4) is 0 Å². The van der Waals surface area contributed by atoms with Gasteiger partial charge >= 0.3 is 0 Å². The van der Waals surface area contributed by atoms with Crippen LogP contribution < -0.4 is 5.73 Å². The lowest BCUT2D eigenvalue weighted by molar-refractivity contribution is 0.0703. The molecule has 0 aliphatic carbocycles. The van der Waals surface area contributed by atoms with Gasteiger partial charge in [0.1, 0.15) is 5.69 Å². The molecule has 4 nitrogen and oxygen atoms in total. The van der Waals surface area contributed by atoms with Crippen molar-refractivity contribution in [2.75, 3.05) is 13.1 Å². The van der Waals surface area contributed by atoms with E-state index in [4.69, 9.17) is 5.73 Å². The standard InChI is InChI=1S/C16H19N3OS.2ClH/c17-13-7-4-8-19(10-13)16(20)14-11-21-15(18-14)9-12-5-2-1-3-6-12;;/h1-3,5-6,11,13H,4,7-10,17H2;2*1H. The molecular weight excluding hydrogens is 353 g/mol. The third-order valence-corrected chi connectivity index (χ3v) is 4.56. The molecule has 126 valence electrons. The van der Waals surface area contributed by atoms with Crippen molar-refractivity contribution in [3.05, 3.63) is 52.0 Å². The Kier molecular flexibility index (Phi) is 7.99. The maximum Gasteiger partial charge on any atom is 0.273 e. The van der Waals surface area contributed by atoms with Gasteiger partial charge in [0.05, 0.1) is 5.01 Å². The number of carbonyl (C=O) groups excluding carboxylic acids is 1. The Hall–Kier alpha value is -1.14. The van der Waals surface area contributed by atoms with Crippen LogP contribution in [-0.4, -0.2) is 34.9 Å². The van der Waals surface area contributed by atoms with E-state index in [-0.39, 0.29) is 36.8 Å². The van der Waals surface area contributed by atoms with Gasteiger partial charge in [-0.3, -0.25) is 4.79 Å².